The van der Waals surface area contributed by atoms with Crippen molar-refractivity contribution in [2.45, 2.75) is 25.8 Å². The zero-order valence-corrected chi connectivity index (χ0v) is 6.13. The smallest absolute Gasteiger partial charge is 0.320 e. The fourth-order valence-electron chi connectivity index (χ4n) is 0.525. The zero-order valence-electron chi connectivity index (χ0n) is 6.13. The van der Waals surface area contributed by atoms with E-state index in [1.54, 1.807) is 0 Å². The number of rotatable bonds is 4. The number of nitrogens with two attached hydrogens (primary N) is 1. The average molecular weight is 143 g/mol. The molecule has 3 nitrogen and oxygen atoms in total. The van der Waals surface area contributed by atoms with Crippen LogP contribution in [0.3, 0.4) is 0 Å². The molecule has 0 aromatic carbocycles. The monoisotopic (exact) mass is 143 g/mol. The van der Waals surface area contributed by atoms with Crippen molar-refractivity contribution in [3.05, 3.63) is 12.2 Å². The van der Waals surface area contributed by atoms with Crippen LogP contribution in [0.25, 0.3) is 0 Å². The Morgan fingerprint density at radius 3 is 2.60 bits per heavy atom. The number of carbonyl (C=O) groups is 1. The summed E-state index contributed by atoms with van der Waals surface area (Å²) in [5.74, 6) is -0.943. The van der Waals surface area contributed by atoms with Crippen LogP contribution < -0.4 is 5.73 Å². The van der Waals surface area contributed by atoms with Crippen LogP contribution in [0.15, 0.2) is 12.2 Å². The lowest BCUT2D eigenvalue weighted by molar-refractivity contribution is -0.138. The molecule has 0 aliphatic rings. The molecule has 58 valence electrons. The molecule has 0 heterocycles. The Hall–Kier alpha value is -0.830. The Morgan fingerprint density at radius 2 is 2.30 bits per heavy atom. The van der Waals surface area contributed by atoms with Gasteiger partial charge in [-0.05, 0) is 19.8 Å². The van der Waals surface area contributed by atoms with E-state index in [4.69, 9.17) is 10.8 Å². The average Bonchev–Trinajstić information content (AvgIpc) is 1.82. The lowest BCUT2D eigenvalue weighted by Crippen LogP contribution is -2.29. The van der Waals surface area contributed by atoms with Crippen molar-refractivity contribution < 1.29 is 9.90 Å². The van der Waals surface area contributed by atoms with E-state index in [0.29, 0.717) is 12.8 Å². The van der Waals surface area contributed by atoms with E-state index in [1.165, 1.54) is 0 Å². The number of hydrogen-bond acceptors (Lipinski definition) is 2. The molecule has 0 radical (unpaired) electrons. The normalized spacial score (nSPS) is 12.6. The van der Waals surface area contributed by atoms with E-state index in [2.05, 4.69) is 6.58 Å². The van der Waals surface area contributed by atoms with Crippen molar-refractivity contribution in [3.8, 4) is 0 Å². The molecular formula is C7H13NO2. The number of carboxylic acid groups (broad SMARTS) is 1. The van der Waals surface area contributed by atoms with Gasteiger partial charge in [0.2, 0.25) is 0 Å². The molecule has 0 aromatic rings. The Bertz CT molecular complexity index is 143. The molecule has 0 rings (SSSR count). The molecule has 0 amide bonds. The van der Waals surface area contributed by atoms with Crippen LogP contribution >= 0.6 is 0 Å². The minimum absolute atomic E-state index is 0.477. The van der Waals surface area contributed by atoms with Gasteiger partial charge in [0.1, 0.15) is 6.04 Å². The Labute approximate surface area is 60.5 Å². The molecule has 0 aromatic heterocycles. The summed E-state index contributed by atoms with van der Waals surface area (Å²) in [6.07, 6.45) is 1.16. The van der Waals surface area contributed by atoms with E-state index < -0.39 is 12.0 Å². The van der Waals surface area contributed by atoms with Crippen LogP contribution in [-0.2, 0) is 4.79 Å². The molecule has 0 spiro atoms. The third-order valence-electron chi connectivity index (χ3n) is 1.20. The van der Waals surface area contributed by atoms with Crippen molar-refractivity contribution in [2.24, 2.45) is 5.73 Å². The molecule has 0 fully saturated rings. The molecule has 0 saturated heterocycles. The maximum Gasteiger partial charge on any atom is 0.320 e. The number of aliphatic carboxylic acids is 1. The van der Waals surface area contributed by atoms with Gasteiger partial charge in [0, 0.05) is 0 Å². The maximum atomic E-state index is 10.2. The van der Waals surface area contributed by atoms with Gasteiger partial charge in [-0.25, -0.2) is 0 Å². The molecule has 1 atom stereocenters. The van der Waals surface area contributed by atoms with Gasteiger partial charge in [0.05, 0.1) is 0 Å². The molecule has 0 unspecified atom stereocenters. The van der Waals surface area contributed by atoms with Crippen LogP contribution in [0.2, 0.25) is 0 Å². The van der Waals surface area contributed by atoms with Crippen LogP contribution in [-0.4, -0.2) is 17.1 Å². The first-order valence-corrected chi connectivity index (χ1v) is 3.17. The number of hydrogen-bond donors (Lipinski definition) is 2. The van der Waals surface area contributed by atoms with Gasteiger partial charge >= 0.3 is 5.97 Å². The van der Waals surface area contributed by atoms with E-state index in [1.807, 2.05) is 6.92 Å². The van der Waals surface area contributed by atoms with Crippen LogP contribution in [0.5, 0.6) is 0 Å². The Kier molecular flexibility index (Phi) is 3.72. The van der Waals surface area contributed by atoms with Gasteiger partial charge in [0.15, 0.2) is 0 Å². The first-order chi connectivity index (χ1) is 4.54. The van der Waals surface area contributed by atoms with E-state index in [0.717, 1.165) is 5.57 Å². The first kappa shape index (κ1) is 9.17. The second-order valence-corrected chi connectivity index (χ2v) is 2.44. The van der Waals surface area contributed by atoms with Crippen LogP contribution in [0, 0.1) is 0 Å². The predicted octanol–water partition coefficient (Wildman–Crippen LogP) is 0.755. The van der Waals surface area contributed by atoms with Crippen molar-refractivity contribution in [2.75, 3.05) is 0 Å². The van der Waals surface area contributed by atoms with Crippen LogP contribution in [0.4, 0.5) is 0 Å². The highest BCUT2D eigenvalue weighted by Gasteiger charge is 2.09. The molecule has 0 bridgehead atoms. The number of carboxylic acids is 1. The SMILES string of the molecule is C=C(C)CC[C@@H](N)C(=O)O. The largest absolute Gasteiger partial charge is 0.480 e. The Balaban J connectivity index is 3.49. The second kappa shape index (κ2) is 4.06. The van der Waals surface area contributed by atoms with E-state index in [9.17, 15) is 4.79 Å². The van der Waals surface area contributed by atoms with Gasteiger partial charge in [-0.2, -0.15) is 0 Å². The zero-order chi connectivity index (χ0) is 8.15. The molecule has 0 saturated carbocycles. The standard InChI is InChI=1S/C7H13NO2/c1-5(2)3-4-6(8)7(9)10/h6H,1,3-4,8H2,2H3,(H,9,10)/t6-/m1/s1. The lowest BCUT2D eigenvalue weighted by Gasteiger charge is -2.04. The quantitative estimate of drug-likeness (QED) is 0.571. The summed E-state index contributed by atoms with van der Waals surface area (Å²) in [5, 5.41) is 8.34. The lowest BCUT2D eigenvalue weighted by atomic mass is 10.1. The summed E-state index contributed by atoms with van der Waals surface area (Å²) in [7, 11) is 0. The van der Waals surface area contributed by atoms with E-state index >= 15 is 0 Å². The summed E-state index contributed by atoms with van der Waals surface area (Å²) < 4.78 is 0. The maximum absolute atomic E-state index is 10.2. The third-order valence-corrected chi connectivity index (χ3v) is 1.20. The molecule has 10 heavy (non-hydrogen) atoms. The summed E-state index contributed by atoms with van der Waals surface area (Å²) in [4.78, 5) is 10.2. The highest BCUT2D eigenvalue weighted by Crippen LogP contribution is 2.02. The van der Waals surface area contributed by atoms with Crippen molar-refractivity contribution in [3.63, 3.8) is 0 Å². The fourth-order valence-corrected chi connectivity index (χ4v) is 0.525. The molecular weight excluding hydrogens is 130 g/mol. The summed E-state index contributed by atoms with van der Waals surface area (Å²) >= 11 is 0. The van der Waals surface area contributed by atoms with Gasteiger partial charge in [-0.1, -0.05) is 5.57 Å². The summed E-state index contributed by atoms with van der Waals surface area (Å²) in [6, 6.07) is -0.739. The van der Waals surface area contributed by atoms with E-state index in [-0.39, 0.29) is 0 Å². The minimum atomic E-state index is -0.943. The predicted molar refractivity (Wildman–Crippen MR) is 39.7 cm³/mol. The van der Waals surface area contributed by atoms with Gasteiger partial charge in [0.25, 0.3) is 0 Å². The summed E-state index contributed by atoms with van der Waals surface area (Å²) in [5.41, 5.74) is 6.19. The third kappa shape index (κ3) is 4.09. The molecule has 0 aliphatic carbocycles. The highest BCUT2D eigenvalue weighted by molar-refractivity contribution is 5.72. The van der Waals surface area contributed by atoms with Crippen molar-refractivity contribution >= 4 is 5.97 Å². The first-order valence-electron chi connectivity index (χ1n) is 3.17. The van der Waals surface area contributed by atoms with Crippen molar-refractivity contribution in [1.29, 1.82) is 0 Å². The van der Waals surface area contributed by atoms with Gasteiger partial charge in [-0.3, -0.25) is 4.79 Å². The number of allylic oxidation sites excluding steroid dienone is 1. The molecule has 3 heteroatoms. The molecule has 3 N–H and O–H groups in total. The highest BCUT2D eigenvalue weighted by atomic mass is 16.4. The molecule has 0 aliphatic heterocycles. The summed E-state index contributed by atoms with van der Waals surface area (Å²) in [6.45, 7) is 5.49. The topological polar surface area (TPSA) is 63.3 Å². The van der Waals surface area contributed by atoms with Crippen LogP contribution in [0.1, 0.15) is 19.8 Å². The van der Waals surface area contributed by atoms with Crippen molar-refractivity contribution in [1.82, 2.24) is 0 Å². The Morgan fingerprint density at radius 1 is 1.80 bits per heavy atom. The minimum Gasteiger partial charge on any atom is -0.480 e. The second-order valence-electron chi connectivity index (χ2n) is 2.44. The van der Waals surface area contributed by atoms with Gasteiger partial charge in [-0.15, -0.1) is 6.58 Å². The fraction of sp³-hybridized carbons (Fsp3) is 0.571. The van der Waals surface area contributed by atoms with Gasteiger partial charge < -0.3 is 10.8 Å².